The van der Waals surface area contributed by atoms with Gasteiger partial charge < -0.3 is 14.6 Å². The summed E-state index contributed by atoms with van der Waals surface area (Å²) in [5.74, 6) is -2.43. The maximum Gasteiger partial charge on any atom is 0.417 e. The number of hydrogen-bond donors (Lipinski definition) is 1. The minimum Gasteiger partial charge on any atom is -0.509 e. The van der Waals surface area contributed by atoms with E-state index in [4.69, 9.17) is 4.74 Å². The van der Waals surface area contributed by atoms with Gasteiger partial charge in [0.25, 0.3) is 5.91 Å². The predicted octanol–water partition coefficient (Wildman–Crippen LogP) is 1.54. The molecule has 0 saturated carbocycles. The Hall–Kier alpha value is -2.83. The van der Waals surface area contributed by atoms with E-state index in [1.165, 1.54) is 6.92 Å². The number of carbonyl (C=O) groups is 3. The summed E-state index contributed by atoms with van der Waals surface area (Å²) >= 11 is 0. The van der Waals surface area contributed by atoms with Gasteiger partial charge in [-0.25, -0.2) is 14.5 Å². The molecule has 1 aliphatic rings. The number of methoxy groups -OCH3 is 1. The van der Waals surface area contributed by atoms with Crippen molar-refractivity contribution in [1.82, 2.24) is 4.90 Å². The van der Waals surface area contributed by atoms with Gasteiger partial charge in [0.05, 0.1) is 13.2 Å². The van der Waals surface area contributed by atoms with Gasteiger partial charge in [-0.1, -0.05) is 30.3 Å². The van der Waals surface area contributed by atoms with Crippen LogP contribution >= 0.6 is 0 Å². The molecule has 1 atom stereocenters. The van der Waals surface area contributed by atoms with Gasteiger partial charge in [0.2, 0.25) is 0 Å². The lowest BCUT2D eigenvalue weighted by Crippen LogP contribution is -2.40. The van der Waals surface area contributed by atoms with E-state index in [1.54, 1.807) is 24.3 Å². The number of imide groups is 1. The Labute approximate surface area is 126 Å². The molecule has 7 heteroatoms. The van der Waals surface area contributed by atoms with Crippen LogP contribution in [0.2, 0.25) is 0 Å². The molecule has 0 spiro atoms. The van der Waals surface area contributed by atoms with E-state index in [0.717, 1.165) is 12.7 Å². The molecule has 0 saturated heterocycles. The van der Waals surface area contributed by atoms with Crippen LogP contribution in [0.25, 0.3) is 0 Å². The maximum absolute atomic E-state index is 12.1. The molecular formula is C15H15NO6. The number of amides is 2. The van der Waals surface area contributed by atoms with Crippen LogP contribution in [0.3, 0.4) is 0 Å². The lowest BCUT2D eigenvalue weighted by Gasteiger charge is -2.19. The molecule has 0 bridgehead atoms. The largest absolute Gasteiger partial charge is 0.509 e. The summed E-state index contributed by atoms with van der Waals surface area (Å²) in [6.07, 6.45) is -0.938. The van der Waals surface area contributed by atoms with E-state index in [-0.39, 0.29) is 6.61 Å². The fourth-order valence-electron chi connectivity index (χ4n) is 2.06. The second-order valence-electron chi connectivity index (χ2n) is 4.64. The van der Waals surface area contributed by atoms with Crippen LogP contribution in [0, 0.1) is 0 Å². The lowest BCUT2D eigenvalue weighted by atomic mass is 10.2. The lowest BCUT2D eigenvalue weighted by molar-refractivity contribution is -0.139. The molecular weight excluding hydrogens is 290 g/mol. The highest BCUT2D eigenvalue weighted by atomic mass is 16.6. The van der Waals surface area contributed by atoms with Gasteiger partial charge in [0.1, 0.15) is 12.4 Å². The maximum atomic E-state index is 12.1. The highest BCUT2D eigenvalue weighted by Gasteiger charge is 2.45. The molecule has 0 aromatic heterocycles. The van der Waals surface area contributed by atoms with Gasteiger partial charge in [-0.05, 0) is 12.5 Å². The summed E-state index contributed by atoms with van der Waals surface area (Å²) in [6.45, 7) is 1.39. The quantitative estimate of drug-likeness (QED) is 0.672. The van der Waals surface area contributed by atoms with E-state index in [9.17, 15) is 19.5 Å². The van der Waals surface area contributed by atoms with Crippen molar-refractivity contribution in [2.45, 2.75) is 19.6 Å². The van der Waals surface area contributed by atoms with Crippen molar-refractivity contribution < 1.29 is 29.0 Å². The molecule has 7 nitrogen and oxygen atoms in total. The Morgan fingerprint density at radius 1 is 1.27 bits per heavy atom. The zero-order valence-electron chi connectivity index (χ0n) is 12.1. The third kappa shape index (κ3) is 2.78. The number of aliphatic hydroxyl groups excluding tert-OH is 1. The number of rotatable bonds is 3. The Balaban J connectivity index is 2.09. The molecule has 0 radical (unpaired) electrons. The van der Waals surface area contributed by atoms with Crippen molar-refractivity contribution in [1.29, 1.82) is 0 Å². The summed E-state index contributed by atoms with van der Waals surface area (Å²) in [5, 5.41) is 9.84. The van der Waals surface area contributed by atoms with Crippen LogP contribution < -0.4 is 0 Å². The van der Waals surface area contributed by atoms with Gasteiger partial charge in [-0.2, -0.15) is 0 Å². The van der Waals surface area contributed by atoms with Gasteiger partial charge in [-0.15, -0.1) is 0 Å². The fourth-order valence-corrected chi connectivity index (χ4v) is 2.06. The van der Waals surface area contributed by atoms with E-state index in [1.807, 2.05) is 6.07 Å². The summed E-state index contributed by atoms with van der Waals surface area (Å²) < 4.78 is 9.46. The molecule has 1 aliphatic heterocycles. The standard InChI is InChI=1S/C15H15NO6/c1-9-12(17)11(14(19)21-2)13(18)16(9)15(20)22-8-10-6-4-3-5-7-10/h3-7,9,17H,8H2,1-2H3. The Kier molecular flexibility index (Phi) is 4.45. The van der Waals surface area contributed by atoms with Crippen LogP contribution in [0.15, 0.2) is 41.7 Å². The molecule has 22 heavy (non-hydrogen) atoms. The van der Waals surface area contributed by atoms with Gasteiger partial charge in [0, 0.05) is 0 Å². The first-order valence-corrected chi connectivity index (χ1v) is 6.53. The highest BCUT2D eigenvalue weighted by molar-refractivity contribution is 6.21. The Bertz CT molecular complexity index is 637. The van der Waals surface area contributed by atoms with Gasteiger partial charge in [-0.3, -0.25) is 4.79 Å². The van der Waals surface area contributed by atoms with Gasteiger partial charge >= 0.3 is 12.1 Å². The minimum absolute atomic E-state index is 0.0233. The van der Waals surface area contributed by atoms with Crippen molar-refractivity contribution in [3.8, 4) is 0 Å². The van der Waals surface area contributed by atoms with E-state index >= 15 is 0 Å². The Morgan fingerprint density at radius 2 is 1.91 bits per heavy atom. The molecule has 2 amide bonds. The summed E-state index contributed by atoms with van der Waals surface area (Å²) in [7, 11) is 1.08. The van der Waals surface area contributed by atoms with Crippen molar-refractivity contribution in [2.75, 3.05) is 7.11 Å². The molecule has 1 N–H and O–H groups in total. The van der Waals surface area contributed by atoms with E-state index < -0.39 is 35.3 Å². The second-order valence-corrected chi connectivity index (χ2v) is 4.64. The molecule has 1 aromatic carbocycles. The first-order valence-electron chi connectivity index (χ1n) is 6.53. The summed E-state index contributed by atoms with van der Waals surface area (Å²) in [5.41, 5.74) is 0.201. The number of esters is 1. The van der Waals surface area contributed by atoms with E-state index in [2.05, 4.69) is 4.74 Å². The third-order valence-corrected chi connectivity index (χ3v) is 3.26. The monoisotopic (exact) mass is 305 g/mol. The topological polar surface area (TPSA) is 93.1 Å². The number of carbonyl (C=O) groups excluding carboxylic acids is 3. The van der Waals surface area contributed by atoms with Crippen LogP contribution in [0.4, 0.5) is 4.79 Å². The fraction of sp³-hybridized carbons (Fsp3) is 0.267. The molecule has 116 valence electrons. The molecule has 1 unspecified atom stereocenters. The molecule has 1 aromatic rings. The Morgan fingerprint density at radius 3 is 2.50 bits per heavy atom. The molecule has 0 fully saturated rings. The summed E-state index contributed by atoms with van der Waals surface area (Å²) in [4.78, 5) is 36.3. The normalized spacial score (nSPS) is 17.6. The molecule has 0 aliphatic carbocycles. The zero-order chi connectivity index (χ0) is 16.3. The van der Waals surface area contributed by atoms with Crippen LogP contribution in [-0.2, 0) is 25.7 Å². The SMILES string of the molecule is COC(=O)C1=C(O)C(C)N(C(=O)OCc2ccccc2)C1=O. The first kappa shape index (κ1) is 15.6. The number of ether oxygens (including phenoxy) is 2. The van der Waals surface area contributed by atoms with Crippen molar-refractivity contribution in [3.05, 3.63) is 47.2 Å². The van der Waals surface area contributed by atoms with Crippen LogP contribution in [0.5, 0.6) is 0 Å². The van der Waals surface area contributed by atoms with E-state index in [0.29, 0.717) is 4.90 Å². The minimum atomic E-state index is -0.993. The number of benzene rings is 1. The highest BCUT2D eigenvalue weighted by Crippen LogP contribution is 2.25. The van der Waals surface area contributed by atoms with Crippen LogP contribution in [-0.4, -0.2) is 41.1 Å². The average Bonchev–Trinajstić information content (AvgIpc) is 2.75. The van der Waals surface area contributed by atoms with Gasteiger partial charge in [0.15, 0.2) is 5.57 Å². The smallest absolute Gasteiger partial charge is 0.417 e. The van der Waals surface area contributed by atoms with Crippen molar-refractivity contribution >= 4 is 18.0 Å². The van der Waals surface area contributed by atoms with Crippen LogP contribution in [0.1, 0.15) is 12.5 Å². The second kappa shape index (κ2) is 6.30. The first-order chi connectivity index (χ1) is 10.5. The molecule has 1 heterocycles. The number of aliphatic hydroxyl groups is 1. The number of nitrogens with zero attached hydrogens (tertiary/aromatic N) is 1. The predicted molar refractivity (Wildman–Crippen MR) is 74.6 cm³/mol. The average molecular weight is 305 g/mol. The third-order valence-electron chi connectivity index (χ3n) is 3.26. The zero-order valence-corrected chi connectivity index (χ0v) is 12.1. The molecule has 2 rings (SSSR count). The number of hydrogen-bond acceptors (Lipinski definition) is 6. The summed E-state index contributed by atoms with van der Waals surface area (Å²) in [6, 6.07) is 7.94. The van der Waals surface area contributed by atoms with Crippen molar-refractivity contribution in [2.24, 2.45) is 0 Å². The van der Waals surface area contributed by atoms with Crippen molar-refractivity contribution in [3.63, 3.8) is 0 Å².